The Morgan fingerprint density at radius 3 is 2.67 bits per heavy atom. The smallest absolute Gasteiger partial charge is 0.231 e. The summed E-state index contributed by atoms with van der Waals surface area (Å²) in [7, 11) is 1.68. The molecule has 0 unspecified atom stereocenters. The minimum Gasteiger partial charge on any atom is -0.369 e. The van der Waals surface area contributed by atoms with Gasteiger partial charge in [-0.3, -0.25) is 14.5 Å². The molecule has 0 spiro atoms. The largest absolute Gasteiger partial charge is 0.369 e. The van der Waals surface area contributed by atoms with E-state index in [1.165, 1.54) is 11.3 Å². The monoisotopic (exact) mass is 290 g/mol. The van der Waals surface area contributed by atoms with Gasteiger partial charge in [-0.15, -0.1) is 11.3 Å². The lowest BCUT2D eigenvalue weighted by Crippen LogP contribution is -2.34. The number of Topliss-reactive ketones (excluding diaryl/α,β-unsaturated/α-hetero) is 1. The average Bonchev–Trinajstić information content (AvgIpc) is 2.49. The van der Waals surface area contributed by atoms with E-state index in [2.05, 4.69) is 15.9 Å². The molecule has 0 radical (unpaired) electrons. The lowest BCUT2D eigenvalue weighted by atomic mass is 10.3. The van der Waals surface area contributed by atoms with E-state index in [9.17, 15) is 9.59 Å². The molecule has 4 nitrogen and oxygen atoms in total. The highest BCUT2D eigenvalue weighted by atomic mass is 79.9. The Balaban J connectivity index is 2.56. The molecular formula is C9H11BrN2O2S. The molecule has 1 rings (SSSR count). The van der Waals surface area contributed by atoms with Crippen molar-refractivity contribution in [2.24, 2.45) is 5.73 Å². The third kappa shape index (κ3) is 3.73. The molecule has 15 heavy (non-hydrogen) atoms. The average molecular weight is 291 g/mol. The third-order valence-electron chi connectivity index (χ3n) is 1.71. The van der Waals surface area contributed by atoms with Gasteiger partial charge in [0, 0.05) is 4.47 Å². The van der Waals surface area contributed by atoms with Crippen LogP contribution in [0.2, 0.25) is 0 Å². The summed E-state index contributed by atoms with van der Waals surface area (Å²) in [4.78, 5) is 24.6. The van der Waals surface area contributed by atoms with Crippen LogP contribution in [0.4, 0.5) is 0 Å². The Labute approximate surface area is 100 Å². The van der Waals surface area contributed by atoms with Gasteiger partial charge >= 0.3 is 0 Å². The number of halogens is 1. The second-order valence-electron chi connectivity index (χ2n) is 3.16. The zero-order chi connectivity index (χ0) is 11.4. The Bertz CT molecular complexity index is 378. The normalized spacial score (nSPS) is 10.6. The van der Waals surface area contributed by atoms with Gasteiger partial charge in [-0.05, 0) is 34.4 Å². The fraction of sp³-hybridized carbons (Fsp3) is 0.333. The number of primary amides is 1. The summed E-state index contributed by atoms with van der Waals surface area (Å²) in [5.41, 5.74) is 5.02. The molecule has 1 amide bonds. The fourth-order valence-electron chi connectivity index (χ4n) is 1.13. The first-order chi connectivity index (χ1) is 7.00. The van der Waals surface area contributed by atoms with Gasteiger partial charge in [-0.1, -0.05) is 0 Å². The van der Waals surface area contributed by atoms with E-state index in [0.717, 1.165) is 4.47 Å². The first kappa shape index (κ1) is 12.4. The number of rotatable bonds is 5. The van der Waals surface area contributed by atoms with Crippen LogP contribution >= 0.6 is 27.3 Å². The Kier molecular flexibility index (Phi) is 4.44. The predicted octanol–water partition coefficient (Wildman–Crippen LogP) is 1.11. The lowest BCUT2D eigenvalue weighted by Gasteiger charge is -2.12. The first-order valence-electron chi connectivity index (χ1n) is 4.23. The van der Waals surface area contributed by atoms with E-state index in [1.807, 2.05) is 11.4 Å². The summed E-state index contributed by atoms with van der Waals surface area (Å²) in [5.74, 6) is -0.448. The van der Waals surface area contributed by atoms with Gasteiger partial charge in [0.1, 0.15) is 0 Å². The van der Waals surface area contributed by atoms with Crippen molar-refractivity contribution in [1.82, 2.24) is 4.90 Å². The van der Waals surface area contributed by atoms with Crippen LogP contribution in [0, 0.1) is 0 Å². The van der Waals surface area contributed by atoms with Crippen LogP contribution in [0.3, 0.4) is 0 Å². The number of ketones is 1. The fourth-order valence-corrected chi connectivity index (χ4v) is 2.66. The molecule has 1 aromatic rings. The predicted molar refractivity (Wildman–Crippen MR) is 63.0 cm³/mol. The van der Waals surface area contributed by atoms with Gasteiger partial charge in [-0.2, -0.15) is 0 Å². The molecule has 0 saturated carbocycles. The molecule has 0 aliphatic carbocycles. The molecule has 0 bridgehead atoms. The van der Waals surface area contributed by atoms with Gasteiger partial charge in [0.15, 0.2) is 5.78 Å². The van der Waals surface area contributed by atoms with E-state index in [1.54, 1.807) is 11.9 Å². The number of thiophene rings is 1. The topological polar surface area (TPSA) is 63.4 Å². The van der Waals surface area contributed by atoms with Crippen LogP contribution in [-0.2, 0) is 4.79 Å². The van der Waals surface area contributed by atoms with Crippen LogP contribution in [0.15, 0.2) is 15.9 Å². The summed E-state index contributed by atoms with van der Waals surface area (Å²) < 4.78 is 0.796. The van der Waals surface area contributed by atoms with Gasteiger partial charge < -0.3 is 5.73 Å². The van der Waals surface area contributed by atoms with Crippen LogP contribution in [0.5, 0.6) is 0 Å². The van der Waals surface area contributed by atoms with Crippen LogP contribution in [0.1, 0.15) is 9.67 Å². The van der Waals surface area contributed by atoms with Crippen molar-refractivity contribution < 1.29 is 9.59 Å². The van der Waals surface area contributed by atoms with Crippen molar-refractivity contribution in [3.8, 4) is 0 Å². The number of likely N-dealkylation sites (N-methyl/N-ethyl adjacent to an activating group) is 1. The van der Waals surface area contributed by atoms with Crippen LogP contribution in [0.25, 0.3) is 0 Å². The summed E-state index contributed by atoms with van der Waals surface area (Å²) in [5, 5.41) is 1.84. The summed E-state index contributed by atoms with van der Waals surface area (Å²) in [6.45, 7) is 0.288. The molecule has 2 N–H and O–H groups in total. The van der Waals surface area contributed by atoms with E-state index in [0.29, 0.717) is 4.88 Å². The van der Waals surface area contributed by atoms with Crippen molar-refractivity contribution >= 4 is 39.0 Å². The maximum Gasteiger partial charge on any atom is 0.231 e. The van der Waals surface area contributed by atoms with Gasteiger partial charge in [0.05, 0.1) is 18.0 Å². The number of nitrogens with two attached hydrogens (primary N) is 1. The van der Waals surface area contributed by atoms with Crippen molar-refractivity contribution in [2.75, 3.05) is 20.1 Å². The second kappa shape index (κ2) is 5.39. The van der Waals surface area contributed by atoms with Gasteiger partial charge in [0.25, 0.3) is 0 Å². The standard InChI is InChI=1S/C9H11BrN2O2S/c1-12(5-8(11)14)4-7(13)9-6(10)2-3-15-9/h2-3H,4-5H2,1H3,(H2,11,14). The Morgan fingerprint density at radius 1 is 1.53 bits per heavy atom. The Morgan fingerprint density at radius 2 is 2.20 bits per heavy atom. The third-order valence-corrected chi connectivity index (χ3v) is 3.59. The minimum absolute atomic E-state index is 0.0133. The molecule has 0 aromatic carbocycles. The second-order valence-corrected chi connectivity index (χ2v) is 4.93. The molecule has 1 heterocycles. The highest BCUT2D eigenvalue weighted by Gasteiger charge is 2.14. The SMILES string of the molecule is CN(CC(N)=O)CC(=O)c1sccc1Br. The highest BCUT2D eigenvalue weighted by Crippen LogP contribution is 2.23. The molecule has 0 aliphatic heterocycles. The Hall–Kier alpha value is -0.720. The van der Waals surface area contributed by atoms with Crippen LogP contribution < -0.4 is 5.73 Å². The van der Waals surface area contributed by atoms with Crippen molar-refractivity contribution in [3.05, 3.63) is 20.8 Å². The number of hydrogen-bond donors (Lipinski definition) is 1. The van der Waals surface area contributed by atoms with E-state index < -0.39 is 5.91 Å². The summed E-state index contributed by atoms with van der Waals surface area (Å²) in [6, 6.07) is 1.83. The molecule has 1 aromatic heterocycles. The van der Waals surface area contributed by atoms with E-state index >= 15 is 0 Å². The molecular weight excluding hydrogens is 280 g/mol. The zero-order valence-corrected chi connectivity index (χ0v) is 10.6. The number of nitrogens with zero attached hydrogens (tertiary/aromatic N) is 1. The molecule has 0 atom stereocenters. The quantitative estimate of drug-likeness (QED) is 0.827. The van der Waals surface area contributed by atoms with Crippen molar-refractivity contribution in [3.63, 3.8) is 0 Å². The van der Waals surface area contributed by atoms with E-state index in [-0.39, 0.29) is 18.9 Å². The summed E-state index contributed by atoms with van der Waals surface area (Å²) in [6.07, 6.45) is 0. The number of carbonyl (C=O) groups is 2. The van der Waals surface area contributed by atoms with Crippen molar-refractivity contribution in [2.45, 2.75) is 0 Å². The molecule has 0 fully saturated rings. The molecule has 0 aliphatic rings. The van der Waals surface area contributed by atoms with E-state index in [4.69, 9.17) is 5.73 Å². The van der Waals surface area contributed by atoms with Gasteiger partial charge in [-0.25, -0.2) is 0 Å². The zero-order valence-electron chi connectivity index (χ0n) is 8.20. The molecule has 0 saturated heterocycles. The highest BCUT2D eigenvalue weighted by molar-refractivity contribution is 9.10. The number of carbonyl (C=O) groups excluding carboxylic acids is 2. The number of hydrogen-bond acceptors (Lipinski definition) is 4. The summed E-state index contributed by atoms with van der Waals surface area (Å²) >= 11 is 4.67. The minimum atomic E-state index is -0.435. The van der Waals surface area contributed by atoms with Gasteiger partial charge in [0.2, 0.25) is 5.91 Å². The van der Waals surface area contributed by atoms with Crippen LogP contribution in [-0.4, -0.2) is 36.7 Å². The molecule has 6 heteroatoms. The first-order valence-corrected chi connectivity index (χ1v) is 5.91. The maximum absolute atomic E-state index is 11.7. The molecule has 82 valence electrons. The number of amides is 1. The van der Waals surface area contributed by atoms with Crippen molar-refractivity contribution in [1.29, 1.82) is 0 Å². The maximum atomic E-state index is 11.7. The lowest BCUT2D eigenvalue weighted by molar-refractivity contribution is -0.118.